The highest BCUT2D eigenvalue weighted by Crippen LogP contribution is 2.13. The van der Waals surface area contributed by atoms with E-state index in [0.717, 1.165) is 0 Å². The third kappa shape index (κ3) is 3.49. The maximum absolute atomic E-state index is 9.74. The Labute approximate surface area is 99.5 Å². The Bertz CT molecular complexity index is 439. The Hall–Kier alpha value is -2.01. The predicted molar refractivity (Wildman–Crippen MR) is 64.6 cm³/mol. The molecule has 0 unspecified atom stereocenters. The summed E-state index contributed by atoms with van der Waals surface area (Å²) >= 11 is 0. The Morgan fingerprint density at radius 1 is 1.35 bits per heavy atom. The van der Waals surface area contributed by atoms with Crippen LogP contribution in [0.4, 0.5) is 5.69 Å². The lowest BCUT2D eigenvalue weighted by atomic mass is 10.3. The van der Waals surface area contributed by atoms with Gasteiger partial charge in [0.25, 0.3) is 0 Å². The third-order valence-corrected chi connectivity index (χ3v) is 2.30. The van der Waals surface area contributed by atoms with Gasteiger partial charge in [0.05, 0.1) is 12.9 Å². The second kappa shape index (κ2) is 5.36. The summed E-state index contributed by atoms with van der Waals surface area (Å²) in [6, 6.07) is 7.08. The zero-order chi connectivity index (χ0) is 12.1. The van der Waals surface area contributed by atoms with Crippen molar-refractivity contribution in [1.29, 1.82) is 0 Å². The predicted octanol–water partition coefficient (Wildman–Crippen LogP) is 0.905. The first-order valence-electron chi connectivity index (χ1n) is 5.36. The van der Waals surface area contributed by atoms with E-state index in [-0.39, 0.29) is 6.61 Å². The van der Waals surface area contributed by atoms with Crippen LogP contribution in [0.1, 0.15) is 0 Å². The lowest BCUT2D eigenvalue weighted by Gasteiger charge is -2.12. The van der Waals surface area contributed by atoms with E-state index < -0.39 is 6.10 Å². The molecular weight excluding hydrogens is 218 g/mol. The van der Waals surface area contributed by atoms with Crippen LogP contribution in [0.15, 0.2) is 43.0 Å². The first-order valence-corrected chi connectivity index (χ1v) is 5.36. The van der Waals surface area contributed by atoms with Crippen molar-refractivity contribution in [3.8, 4) is 5.75 Å². The van der Waals surface area contributed by atoms with Crippen molar-refractivity contribution in [3.05, 3.63) is 43.0 Å². The van der Waals surface area contributed by atoms with E-state index in [2.05, 4.69) is 4.98 Å². The van der Waals surface area contributed by atoms with Crippen molar-refractivity contribution in [2.24, 2.45) is 0 Å². The first kappa shape index (κ1) is 11.5. The highest BCUT2D eigenvalue weighted by molar-refractivity contribution is 5.41. The van der Waals surface area contributed by atoms with Crippen LogP contribution < -0.4 is 10.5 Å². The van der Waals surface area contributed by atoms with E-state index in [9.17, 15) is 5.11 Å². The number of rotatable bonds is 5. The van der Waals surface area contributed by atoms with E-state index in [0.29, 0.717) is 18.0 Å². The summed E-state index contributed by atoms with van der Waals surface area (Å²) in [5, 5.41) is 9.74. The lowest BCUT2D eigenvalue weighted by molar-refractivity contribution is 0.0925. The number of hydrogen-bond donors (Lipinski definition) is 2. The second-order valence-electron chi connectivity index (χ2n) is 3.79. The van der Waals surface area contributed by atoms with Gasteiger partial charge in [-0.05, 0) is 24.3 Å². The highest BCUT2D eigenvalue weighted by Gasteiger charge is 2.05. The molecule has 17 heavy (non-hydrogen) atoms. The molecule has 1 atom stereocenters. The lowest BCUT2D eigenvalue weighted by Crippen LogP contribution is -2.22. The molecule has 1 aromatic carbocycles. The van der Waals surface area contributed by atoms with Gasteiger partial charge in [-0.1, -0.05) is 0 Å². The minimum atomic E-state index is -0.568. The molecule has 1 heterocycles. The largest absolute Gasteiger partial charge is 0.491 e. The summed E-state index contributed by atoms with van der Waals surface area (Å²) in [5.41, 5.74) is 6.25. The van der Waals surface area contributed by atoms with E-state index in [1.54, 1.807) is 47.6 Å². The van der Waals surface area contributed by atoms with E-state index in [1.807, 2.05) is 0 Å². The smallest absolute Gasteiger partial charge is 0.119 e. The number of ether oxygens (including phenoxy) is 1. The van der Waals surface area contributed by atoms with Gasteiger partial charge in [-0.15, -0.1) is 0 Å². The SMILES string of the molecule is Nc1ccc(OC[C@@H](O)Cn2ccnc2)cc1. The van der Waals surface area contributed by atoms with Crippen molar-refractivity contribution in [2.75, 3.05) is 12.3 Å². The zero-order valence-corrected chi connectivity index (χ0v) is 9.36. The molecule has 0 fully saturated rings. The van der Waals surface area contributed by atoms with E-state index in [4.69, 9.17) is 10.5 Å². The van der Waals surface area contributed by atoms with E-state index >= 15 is 0 Å². The summed E-state index contributed by atoms with van der Waals surface area (Å²) in [4.78, 5) is 3.90. The van der Waals surface area contributed by atoms with Crippen LogP contribution in [-0.2, 0) is 6.54 Å². The van der Waals surface area contributed by atoms with Crippen LogP contribution >= 0.6 is 0 Å². The number of hydrogen-bond acceptors (Lipinski definition) is 4. The fraction of sp³-hybridized carbons (Fsp3) is 0.250. The molecule has 0 aliphatic rings. The van der Waals surface area contributed by atoms with Crippen molar-refractivity contribution in [3.63, 3.8) is 0 Å². The summed E-state index contributed by atoms with van der Waals surface area (Å²) < 4.78 is 7.23. The second-order valence-corrected chi connectivity index (χ2v) is 3.79. The van der Waals surface area contributed by atoms with Crippen LogP contribution in [0.3, 0.4) is 0 Å². The normalized spacial score (nSPS) is 12.3. The summed E-state index contributed by atoms with van der Waals surface area (Å²) in [6.45, 7) is 0.705. The third-order valence-electron chi connectivity index (χ3n) is 2.30. The zero-order valence-electron chi connectivity index (χ0n) is 9.36. The molecule has 5 nitrogen and oxygen atoms in total. The molecule has 3 N–H and O–H groups in total. The van der Waals surface area contributed by atoms with Crippen molar-refractivity contribution >= 4 is 5.69 Å². The van der Waals surface area contributed by atoms with Gasteiger partial charge in [-0.25, -0.2) is 4.98 Å². The van der Waals surface area contributed by atoms with Gasteiger partial charge >= 0.3 is 0 Å². The van der Waals surface area contributed by atoms with E-state index in [1.165, 1.54) is 0 Å². The number of aromatic nitrogens is 2. The number of aliphatic hydroxyl groups excluding tert-OH is 1. The topological polar surface area (TPSA) is 73.3 Å². The van der Waals surface area contributed by atoms with Crippen molar-refractivity contribution < 1.29 is 9.84 Å². The Balaban J connectivity index is 1.79. The first-order chi connectivity index (χ1) is 8.24. The molecule has 2 rings (SSSR count). The fourth-order valence-corrected chi connectivity index (χ4v) is 1.45. The van der Waals surface area contributed by atoms with Gasteiger partial charge in [0.1, 0.15) is 18.5 Å². The minimum Gasteiger partial charge on any atom is -0.491 e. The maximum atomic E-state index is 9.74. The molecular formula is C12H15N3O2. The number of anilines is 1. The number of imidazole rings is 1. The fourth-order valence-electron chi connectivity index (χ4n) is 1.45. The van der Waals surface area contributed by atoms with Gasteiger partial charge in [0, 0.05) is 18.1 Å². The van der Waals surface area contributed by atoms with Gasteiger partial charge in [0.2, 0.25) is 0 Å². The molecule has 0 radical (unpaired) electrons. The Morgan fingerprint density at radius 2 is 2.12 bits per heavy atom. The highest BCUT2D eigenvalue weighted by atomic mass is 16.5. The molecule has 90 valence electrons. The molecule has 0 saturated heterocycles. The van der Waals surface area contributed by atoms with Crippen LogP contribution in [0.25, 0.3) is 0 Å². The average Bonchev–Trinajstić information content (AvgIpc) is 2.81. The van der Waals surface area contributed by atoms with Gasteiger partial charge < -0.3 is 20.1 Å². The molecule has 0 saturated carbocycles. The van der Waals surface area contributed by atoms with Crippen LogP contribution in [0, 0.1) is 0 Å². The molecule has 0 aliphatic heterocycles. The molecule has 1 aromatic heterocycles. The minimum absolute atomic E-state index is 0.238. The molecule has 0 aliphatic carbocycles. The maximum Gasteiger partial charge on any atom is 0.119 e. The van der Waals surface area contributed by atoms with Gasteiger partial charge in [-0.2, -0.15) is 0 Å². The summed E-state index contributed by atoms with van der Waals surface area (Å²) in [6.07, 6.45) is 4.56. The van der Waals surface area contributed by atoms with Crippen molar-refractivity contribution in [2.45, 2.75) is 12.6 Å². The number of nitrogens with zero attached hydrogens (tertiary/aromatic N) is 2. The molecule has 0 spiro atoms. The molecule has 0 amide bonds. The number of nitrogens with two attached hydrogens (primary N) is 1. The number of benzene rings is 1. The van der Waals surface area contributed by atoms with Gasteiger partial charge in [-0.3, -0.25) is 0 Å². The van der Waals surface area contributed by atoms with Crippen LogP contribution in [0.2, 0.25) is 0 Å². The van der Waals surface area contributed by atoms with Gasteiger partial charge in [0.15, 0.2) is 0 Å². The quantitative estimate of drug-likeness (QED) is 0.753. The number of aliphatic hydroxyl groups is 1. The monoisotopic (exact) mass is 233 g/mol. The Morgan fingerprint density at radius 3 is 2.76 bits per heavy atom. The standard InChI is InChI=1S/C12H15N3O2/c13-10-1-3-12(4-2-10)17-8-11(16)7-15-6-5-14-9-15/h1-6,9,11,16H,7-8,13H2/t11-/m0/s1. The molecule has 2 aromatic rings. The molecule has 0 bridgehead atoms. The number of nitrogen functional groups attached to an aromatic ring is 1. The average molecular weight is 233 g/mol. The molecule has 5 heteroatoms. The summed E-state index contributed by atoms with van der Waals surface area (Å²) in [5.74, 6) is 0.698. The summed E-state index contributed by atoms with van der Waals surface area (Å²) in [7, 11) is 0. The Kier molecular flexibility index (Phi) is 3.62. The van der Waals surface area contributed by atoms with Crippen LogP contribution in [-0.4, -0.2) is 27.4 Å². The van der Waals surface area contributed by atoms with Crippen molar-refractivity contribution in [1.82, 2.24) is 9.55 Å². The van der Waals surface area contributed by atoms with Crippen LogP contribution in [0.5, 0.6) is 5.75 Å².